The molecule has 0 saturated carbocycles. The van der Waals surface area contributed by atoms with E-state index in [0.29, 0.717) is 28.9 Å². The molecule has 0 saturated heterocycles. The van der Waals surface area contributed by atoms with Gasteiger partial charge in [-0.15, -0.1) is 10.2 Å². The molecule has 28 heavy (non-hydrogen) atoms. The molecule has 1 aliphatic rings. The van der Waals surface area contributed by atoms with E-state index < -0.39 is 6.23 Å². The maximum Gasteiger partial charge on any atom is 0.310 e. The summed E-state index contributed by atoms with van der Waals surface area (Å²) < 4.78 is 11.4. The van der Waals surface area contributed by atoms with Crippen LogP contribution in [0.5, 0.6) is 11.6 Å². The van der Waals surface area contributed by atoms with Gasteiger partial charge in [0.05, 0.1) is 0 Å². The Bertz CT molecular complexity index is 1010. The van der Waals surface area contributed by atoms with Crippen molar-refractivity contribution in [1.29, 1.82) is 0 Å². The molecule has 0 radical (unpaired) electrons. The maximum absolute atomic E-state index is 11.5. The Balaban J connectivity index is 1.70. The lowest BCUT2D eigenvalue weighted by Crippen LogP contribution is -2.17. The smallest absolute Gasteiger partial charge is 0.310 e. The molecule has 0 unspecified atom stereocenters. The van der Waals surface area contributed by atoms with Gasteiger partial charge in [0.25, 0.3) is 0 Å². The Morgan fingerprint density at radius 3 is 2.71 bits per heavy atom. The molecule has 2 aromatic carbocycles. The number of hydrogen-bond acceptors (Lipinski definition) is 8. The van der Waals surface area contributed by atoms with Gasteiger partial charge in [-0.25, -0.2) is 0 Å². The topological polar surface area (TPSA) is 86.2 Å². The summed E-state index contributed by atoms with van der Waals surface area (Å²) in [6.45, 7) is 1.76. The minimum absolute atomic E-state index is 0.271. The van der Waals surface area contributed by atoms with E-state index in [2.05, 4.69) is 20.5 Å². The van der Waals surface area contributed by atoms with Crippen molar-refractivity contribution in [1.82, 2.24) is 15.2 Å². The van der Waals surface area contributed by atoms with Gasteiger partial charge in [0.2, 0.25) is 11.0 Å². The van der Waals surface area contributed by atoms with Crippen molar-refractivity contribution in [2.75, 3.05) is 11.6 Å². The van der Waals surface area contributed by atoms with Crippen LogP contribution in [0.2, 0.25) is 0 Å². The van der Waals surface area contributed by atoms with E-state index in [9.17, 15) is 4.79 Å². The van der Waals surface area contributed by atoms with Gasteiger partial charge in [0.15, 0.2) is 11.9 Å². The third kappa shape index (κ3) is 3.63. The number of hydrogen-bond donors (Lipinski definition) is 1. The zero-order valence-corrected chi connectivity index (χ0v) is 16.2. The number of anilines is 1. The highest BCUT2D eigenvalue weighted by atomic mass is 32.2. The number of nitrogens with one attached hydrogen (secondary N) is 1. The number of carbonyl (C=O) groups is 1. The third-order valence-electron chi connectivity index (χ3n) is 4.22. The largest absolute Gasteiger partial charge is 0.448 e. The summed E-state index contributed by atoms with van der Waals surface area (Å²) in [5.74, 6) is 0.647. The summed E-state index contributed by atoms with van der Waals surface area (Å²) in [5, 5.41) is 12.4. The van der Waals surface area contributed by atoms with Crippen molar-refractivity contribution in [2.45, 2.75) is 24.7 Å². The van der Waals surface area contributed by atoms with Crippen LogP contribution in [0.1, 0.15) is 25.1 Å². The number of carbonyl (C=O) groups excluding carboxylic acids is 1. The first-order valence-corrected chi connectivity index (χ1v) is 10.0. The first kappa shape index (κ1) is 18.2. The quantitative estimate of drug-likeness (QED) is 0.402. The molecule has 1 N–H and O–H groups in total. The summed E-state index contributed by atoms with van der Waals surface area (Å²) in [6.07, 6.45) is 1.73. The Labute approximate surface area is 166 Å². The lowest BCUT2D eigenvalue weighted by Gasteiger charge is -2.19. The van der Waals surface area contributed by atoms with Crippen LogP contribution >= 0.6 is 11.8 Å². The van der Waals surface area contributed by atoms with Crippen molar-refractivity contribution < 1.29 is 14.3 Å². The van der Waals surface area contributed by atoms with Gasteiger partial charge in [0, 0.05) is 23.2 Å². The van der Waals surface area contributed by atoms with E-state index in [-0.39, 0.29) is 5.97 Å². The molecule has 8 heteroatoms. The molecular formula is C20H18N4O3S. The number of esters is 1. The first-order chi connectivity index (χ1) is 13.7. The predicted octanol–water partition coefficient (Wildman–Crippen LogP) is 4.08. The monoisotopic (exact) mass is 394 g/mol. The zero-order chi connectivity index (χ0) is 19.5. The predicted molar refractivity (Wildman–Crippen MR) is 106 cm³/mol. The average molecular weight is 394 g/mol. The number of ether oxygens (including phenoxy) is 2. The molecule has 2 heterocycles. The average Bonchev–Trinajstić information content (AvgIpc) is 2.90. The number of thioether (sulfide) groups is 1. The van der Waals surface area contributed by atoms with E-state index in [1.807, 2.05) is 42.7 Å². The second-order valence-electron chi connectivity index (χ2n) is 6.04. The summed E-state index contributed by atoms with van der Waals surface area (Å²) in [6, 6.07) is 15.0. The van der Waals surface area contributed by atoms with Crippen LogP contribution < -0.4 is 14.8 Å². The van der Waals surface area contributed by atoms with Crippen LogP contribution in [-0.4, -0.2) is 27.4 Å². The minimum atomic E-state index is -0.482. The van der Waals surface area contributed by atoms with E-state index in [0.717, 1.165) is 16.8 Å². The van der Waals surface area contributed by atoms with Gasteiger partial charge in [-0.1, -0.05) is 36.9 Å². The second-order valence-corrected chi connectivity index (χ2v) is 6.81. The molecule has 3 aromatic rings. The molecular weight excluding hydrogens is 376 g/mol. The zero-order valence-electron chi connectivity index (χ0n) is 15.4. The number of rotatable bonds is 4. The Hall–Kier alpha value is -3.13. The highest BCUT2D eigenvalue weighted by Gasteiger charge is 2.25. The van der Waals surface area contributed by atoms with Gasteiger partial charge in [-0.3, -0.25) is 4.79 Å². The van der Waals surface area contributed by atoms with Gasteiger partial charge >= 0.3 is 5.97 Å². The molecule has 1 aliphatic heterocycles. The Morgan fingerprint density at radius 2 is 1.96 bits per heavy atom. The van der Waals surface area contributed by atoms with E-state index in [4.69, 9.17) is 9.47 Å². The van der Waals surface area contributed by atoms with Crippen molar-refractivity contribution in [3.63, 3.8) is 0 Å². The fourth-order valence-electron chi connectivity index (χ4n) is 2.80. The molecule has 0 fully saturated rings. The number of fused-ring (bicyclic) bond motifs is 3. The fraction of sp³-hybridized carbons (Fsp3) is 0.200. The molecule has 4 rings (SSSR count). The Morgan fingerprint density at radius 1 is 1.18 bits per heavy atom. The fourth-order valence-corrected chi connectivity index (χ4v) is 3.10. The van der Waals surface area contributed by atoms with Crippen molar-refractivity contribution >= 4 is 23.4 Å². The van der Waals surface area contributed by atoms with Crippen molar-refractivity contribution in [3.05, 3.63) is 54.1 Å². The summed E-state index contributed by atoms with van der Waals surface area (Å²) in [5.41, 5.74) is 3.21. The number of nitrogens with zero attached hydrogens (tertiary/aromatic N) is 3. The summed E-state index contributed by atoms with van der Waals surface area (Å²) in [4.78, 5) is 16.0. The SMILES string of the molecule is CCC(=O)Oc1ccc([C@@H]2Nc3ccccc3-c3nnc(SC)nc3O2)cc1. The second kappa shape index (κ2) is 7.85. The Kier molecular flexibility index (Phi) is 5.12. The van der Waals surface area contributed by atoms with E-state index >= 15 is 0 Å². The van der Waals surface area contributed by atoms with Crippen LogP contribution in [0.25, 0.3) is 11.3 Å². The molecule has 7 nitrogen and oxygen atoms in total. The molecule has 1 atom stereocenters. The molecule has 0 bridgehead atoms. The lowest BCUT2D eigenvalue weighted by atomic mass is 10.1. The maximum atomic E-state index is 11.5. The van der Waals surface area contributed by atoms with Crippen LogP contribution in [0.4, 0.5) is 5.69 Å². The summed E-state index contributed by atoms with van der Waals surface area (Å²) >= 11 is 1.40. The molecule has 0 aliphatic carbocycles. The van der Waals surface area contributed by atoms with Crippen LogP contribution in [0, 0.1) is 0 Å². The van der Waals surface area contributed by atoms with Crippen LogP contribution in [0.15, 0.2) is 53.7 Å². The van der Waals surface area contributed by atoms with Crippen LogP contribution in [-0.2, 0) is 4.79 Å². The van der Waals surface area contributed by atoms with Crippen molar-refractivity contribution in [2.24, 2.45) is 0 Å². The minimum Gasteiger partial charge on any atom is -0.448 e. The number of aromatic nitrogens is 3. The normalized spacial score (nSPS) is 14.7. The highest BCUT2D eigenvalue weighted by Crippen LogP contribution is 2.39. The molecule has 0 amide bonds. The molecule has 142 valence electrons. The third-order valence-corrected chi connectivity index (χ3v) is 4.76. The van der Waals surface area contributed by atoms with Gasteiger partial charge in [-0.05, 0) is 36.6 Å². The van der Waals surface area contributed by atoms with Gasteiger partial charge in [0.1, 0.15) is 5.75 Å². The van der Waals surface area contributed by atoms with Gasteiger partial charge in [-0.2, -0.15) is 4.98 Å². The summed E-state index contributed by atoms with van der Waals surface area (Å²) in [7, 11) is 0. The number of para-hydroxylation sites is 1. The first-order valence-electron chi connectivity index (χ1n) is 8.80. The lowest BCUT2D eigenvalue weighted by molar-refractivity contribution is -0.134. The van der Waals surface area contributed by atoms with E-state index in [1.165, 1.54) is 11.8 Å². The van der Waals surface area contributed by atoms with Crippen LogP contribution in [0.3, 0.4) is 0 Å². The van der Waals surface area contributed by atoms with Gasteiger partial charge < -0.3 is 14.8 Å². The van der Waals surface area contributed by atoms with E-state index in [1.54, 1.807) is 19.1 Å². The highest BCUT2D eigenvalue weighted by molar-refractivity contribution is 7.98. The standard InChI is InChI=1S/C20H18N4O3S/c1-3-16(25)26-13-10-8-12(9-11-13)18-21-15-7-5-4-6-14(15)17-19(27-18)22-20(28-2)24-23-17/h4-11,18,21H,3H2,1-2H3/t18-/m1/s1. The van der Waals surface area contributed by atoms with Crippen molar-refractivity contribution in [3.8, 4) is 22.9 Å². The number of benzene rings is 2. The molecule has 0 spiro atoms. The molecule has 1 aromatic heterocycles.